The number of nitrogens with zero attached hydrogens (tertiary/aromatic N) is 2. The van der Waals surface area contributed by atoms with Crippen molar-refractivity contribution in [3.8, 4) is 0 Å². The van der Waals surface area contributed by atoms with Crippen LogP contribution in [0.25, 0.3) is 0 Å². The Bertz CT molecular complexity index is 532. The van der Waals surface area contributed by atoms with Gasteiger partial charge in [0, 0.05) is 19.3 Å². The van der Waals surface area contributed by atoms with Crippen LogP contribution in [-0.4, -0.2) is 51.1 Å². The molecule has 0 spiro atoms. The van der Waals surface area contributed by atoms with Gasteiger partial charge in [0.15, 0.2) is 0 Å². The Balaban J connectivity index is 2.07. The maximum atomic E-state index is 12.5. The molecule has 114 valence electrons. The molecule has 1 aromatic carbocycles. The summed E-state index contributed by atoms with van der Waals surface area (Å²) in [4.78, 5) is 26.8. The summed E-state index contributed by atoms with van der Waals surface area (Å²) in [7, 11) is 1.71. The maximum Gasteiger partial charge on any atom is 0.327 e. The first kappa shape index (κ1) is 15.7. The third-order valence-corrected chi connectivity index (χ3v) is 4.81. The van der Waals surface area contributed by atoms with E-state index in [0.717, 1.165) is 5.56 Å². The Labute approximate surface area is 128 Å². The Morgan fingerprint density at radius 3 is 2.57 bits per heavy atom. The van der Waals surface area contributed by atoms with Crippen molar-refractivity contribution in [3.63, 3.8) is 0 Å². The van der Waals surface area contributed by atoms with Gasteiger partial charge in [-0.15, -0.1) is 11.8 Å². The molecule has 0 radical (unpaired) electrons. The van der Waals surface area contributed by atoms with E-state index in [0.29, 0.717) is 12.3 Å². The molecule has 0 bridgehead atoms. The van der Waals surface area contributed by atoms with Crippen molar-refractivity contribution in [2.45, 2.75) is 31.8 Å². The molecule has 0 saturated carbocycles. The number of carbonyl (C=O) groups excluding carboxylic acids is 1. The zero-order chi connectivity index (χ0) is 15.6. The largest absolute Gasteiger partial charge is 0.480 e. The van der Waals surface area contributed by atoms with E-state index < -0.39 is 12.0 Å². The van der Waals surface area contributed by atoms with Crippen molar-refractivity contribution < 1.29 is 14.7 Å². The predicted molar refractivity (Wildman–Crippen MR) is 83.2 cm³/mol. The molecule has 1 N–H and O–H groups in total. The molecule has 1 aliphatic rings. The van der Waals surface area contributed by atoms with Crippen LogP contribution in [-0.2, 0) is 11.3 Å². The van der Waals surface area contributed by atoms with Crippen molar-refractivity contribution >= 4 is 23.8 Å². The number of aryl methyl sites for hydroxylation is 1. The zero-order valence-electron chi connectivity index (χ0n) is 12.4. The molecule has 2 rings (SSSR count). The highest BCUT2D eigenvalue weighted by molar-refractivity contribution is 8.00. The lowest BCUT2D eigenvalue weighted by molar-refractivity contribution is -0.141. The number of benzene rings is 1. The average Bonchev–Trinajstić information content (AvgIpc) is 2.82. The lowest BCUT2D eigenvalue weighted by Crippen LogP contribution is -2.49. The second kappa shape index (κ2) is 6.39. The van der Waals surface area contributed by atoms with Gasteiger partial charge in [-0.3, -0.25) is 4.90 Å². The fraction of sp³-hybridized carbons (Fsp3) is 0.467. The number of thioether (sulfide) groups is 1. The van der Waals surface area contributed by atoms with Crippen molar-refractivity contribution in [2.24, 2.45) is 0 Å². The SMILES string of the molecule is Cc1ccc(CN(C)C(=O)N2C(C)SCC2C(=O)O)cc1. The molecule has 21 heavy (non-hydrogen) atoms. The van der Waals surface area contributed by atoms with Gasteiger partial charge in [-0.2, -0.15) is 0 Å². The molecule has 6 heteroatoms. The minimum absolute atomic E-state index is 0.112. The Morgan fingerprint density at radius 1 is 1.38 bits per heavy atom. The smallest absolute Gasteiger partial charge is 0.327 e. The van der Waals surface area contributed by atoms with Gasteiger partial charge in [-0.05, 0) is 19.4 Å². The van der Waals surface area contributed by atoms with Crippen LogP contribution in [0.1, 0.15) is 18.1 Å². The highest BCUT2D eigenvalue weighted by Crippen LogP contribution is 2.29. The van der Waals surface area contributed by atoms with E-state index in [1.807, 2.05) is 38.1 Å². The minimum Gasteiger partial charge on any atom is -0.480 e. The highest BCUT2D eigenvalue weighted by atomic mass is 32.2. The monoisotopic (exact) mass is 308 g/mol. The number of carboxylic acids is 1. The molecule has 2 unspecified atom stereocenters. The van der Waals surface area contributed by atoms with Crippen LogP contribution in [0.5, 0.6) is 0 Å². The molecule has 1 saturated heterocycles. The second-order valence-corrected chi connectivity index (χ2v) is 6.67. The molecule has 0 aliphatic carbocycles. The van der Waals surface area contributed by atoms with Gasteiger partial charge < -0.3 is 10.0 Å². The van der Waals surface area contributed by atoms with Crippen LogP contribution < -0.4 is 0 Å². The molecule has 0 aromatic heterocycles. The first-order chi connectivity index (χ1) is 9.90. The Hall–Kier alpha value is -1.69. The van der Waals surface area contributed by atoms with Crippen LogP contribution in [0.15, 0.2) is 24.3 Å². The molecule has 2 amide bonds. The lowest BCUT2D eigenvalue weighted by atomic mass is 10.1. The van der Waals surface area contributed by atoms with Crippen molar-refractivity contribution in [1.29, 1.82) is 0 Å². The Kier molecular flexibility index (Phi) is 4.77. The van der Waals surface area contributed by atoms with Gasteiger partial charge in [0.1, 0.15) is 6.04 Å². The second-order valence-electron chi connectivity index (χ2n) is 5.32. The van der Waals surface area contributed by atoms with Gasteiger partial charge in [0.25, 0.3) is 0 Å². The summed E-state index contributed by atoms with van der Waals surface area (Å²) < 4.78 is 0. The fourth-order valence-corrected chi connectivity index (χ4v) is 3.52. The van der Waals surface area contributed by atoms with Gasteiger partial charge >= 0.3 is 12.0 Å². The van der Waals surface area contributed by atoms with Crippen LogP contribution >= 0.6 is 11.8 Å². The fourth-order valence-electron chi connectivity index (χ4n) is 2.36. The summed E-state index contributed by atoms with van der Waals surface area (Å²) in [5.41, 5.74) is 2.20. The molecule has 1 heterocycles. The Morgan fingerprint density at radius 2 is 2.00 bits per heavy atom. The third-order valence-electron chi connectivity index (χ3n) is 3.60. The minimum atomic E-state index is -0.941. The summed E-state index contributed by atoms with van der Waals surface area (Å²) in [6, 6.07) is 6.99. The predicted octanol–water partition coefficient (Wildman–Crippen LogP) is 2.39. The van der Waals surface area contributed by atoms with Gasteiger partial charge in [0.05, 0.1) is 5.37 Å². The highest BCUT2D eigenvalue weighted by Gasteiger charge is 2.40. The van der Waals surface area contributed by atoms with E-state index >= 15 is 0 Å². The first-order valence-electron chi connectivity index (χ1n) is 6.83. The standard InChI is InChI=1S/C15H20N2O3S/c1-10-4-6-12(7-5-10)8-16(3)15(20)17-11(2)21-9-13(17)14(18)19/h4-7,11,13H,8-9H2,1-3H3,(H,18,19). The quantitative estimate of drug-likeness (QED) is 0.931. The number of amides is 2. The van der Waals surface area contributed by atoms with Gasteiger partial charge in [0.2, 0.25) is 0 Å². The molecular formula is C15H20N2O3S. The molecule has 1 aromatic rings. The zero-order valence-corrected chi connectivity index (χ0v) is 13.3. The van der Waals surface area contributed by atoms with Crippen molar-refractivity contribution in [3.05, 3.63) is 35.4 Å². The average molecular weight is 308 g/mol. The number of rotatable bonds is 3. The number of carboxylic acid groups (broad SMARTS) is 1. The number of hydrogen-bond donors (Lipinski definition) is 1. The van der Waals surface area contributed by atoms with E-state index in [4.69, 9.17) is 0 Å². The topological polar surface area (TPSA) is 60.9 Å². The van der Waals surface area contributed by atoms with Crippen molar-refractivity contribution in [2.75, 3.05) is 12.8 Å². The molecule has 1 aliphatic heterocycles. The summed E-state index contributed by atoms with van der Waals surface area (Å²) in [6.45, 7) is 4.35. The van der Waals surface area contributed by atoms with Crippen LogP contribution in [0.4, 0.5) is 4.79 Å². The van der Waals surface area contributed by atoms with E-state index in [1.165, 1.54) is 22.2 Å². The van der Waals surface area contributed by atoms with Crippen LogP contribution in [0.3, 0.4) is 0 Å². The van der Waals surface area contributed by atoms with Crippen LogP contribution in [0, 0.1) is 6.92 Å². The molecule has 5 nitrogen and oxygen atoms in total. The normalized spacial score (nSPS) is 21.4. The van der Waals surface area contributed by atoms with E-state index in [1.54, 1.807) is 11.9 Å². The van der Waals surface area contributed by atoms with E-state index in [2.05, 4.69) is 0 Å². The number of carbonyl (C=O) groups is 2. The summed E-state index contributed by atoms with van der Waals surface area (Å²) in [5, 5.41) is 9.11. The third kappa shape index (κ3) is 3.50. The summed E-state index contributed by atoms with van der Waals surface area (Å²) in [5.74, 6) is -0.496. The summed E-state index contributed by atoms with van der Waals surface area (Å²) >= 11 is 1.49. The molecular weight excluding hydrogens is 288 g/mol. The molecule has 1 fully saturated rings. The van der Waals surface area contributed by atoms with Gasteiger partial charge in [-0.1, -0.05) is 29.8 Å². The first-order valence-corrected chi connectivity index (χ1v) is 7.88. The van der Waals surface area contributed by atoms with E-state index in [-0.39, 0.29) is 11.4 Å². The number of urea groups is 1. The van der Waals surface area contributed by atoms with Crippen molar-refractivity contribution in [1.82, 2.24) is 9.80 Å². The number of hydrogen-bond acceptors (Lipinski definition) is 3. The molecule has 2 atom stereocenters. The maximum absolute atomic E-state index is 12.5. The van der Waals surface area contributed by atoms with Gasteiger partial charge in [-0.25, -0.2) is 9.59 Å². The summed E-state index contributed by atoms with van der Waals surface area (Å²) in [6.07, 6.45) is 0. The van der Waals surface area contributed by atoms with Crippen LogP contribution in [0.2, 0.25) is 0 Å². The lowest BCUT2D eigenvalue weighted by Gasteiger charge is -2.30. The van der Waals surface area contributed by atoms with E-state index in [9.17, 15) is 14.7 Å². The number of aliphatic carboxylic acids is 1.